The van der Waals surface area contributed by atoms with E-state index in [1.165, 1.54) is 12.5 Å². The van der Waals surface area contributed by atoms with Gasteiger partial charge < -0.3 is 19.7 Å². The van der Waals surface area contributed by atoms with Gasteiger partial charge in [-0.3, -0.25) is 9.59 Å². The molecule has 0 bridgehead atoms. The van der Waals surface area contributed by atoms with Crippen molar-refractivity contribution in [1.82, 2.24) is 0 Å². The summed E-state index contributed by atoms with van der Waals surface area (Å²) in [6, 6.07) is 0. The van der Waals surface area contributed by atoms with Crippen LogP contribution in [0.1, 0.15) is 61.3 Å². The molecule has 4 atom stereocenters. The van der Waals surface area contributed by atoms with E-state index >= 15 is 0 Å². The fourth-order valence-electron chi connectivity index (χ4n) is 5.64. The van der Waals surface area contributed by atoms with Gasteiger partial charge in [0.1, 0.15) is 23.7 Å². The zero-order chi connectivity index (χ0) is 25.1. The Morgan fingerprint density at radius 1 is 0.794 bits per heavy atom. The van der Waals surface area contributed by atoms with E-state index in [4.69, 9.17) is 9.47 Å². The molecule has 6 heteroatoms. The predicted molar refractivity (Wildman–Crippen MR) is 129 cm³/mol. The van der Waals surface area contributed by atoms with E-state index in [-0.39, 0.29) is 58.3 Å². The monoisotopic (exact) mass is 466 g/mol. The van der Waals surface area contributed by atoms with Crippen molar-refractivity contribution in [2.75, 3.05) is 0 Å². The molecule has 2 aliphatic carbocycles. The van der Waals surface area contributed by atoms with Gasteiger partial charge in [0.2, 0.25) is 0 Å². The van der Waals surface area contributed by atoms with Crippen molar-refractivity contribution >= 4 is 11.6 Å². The highest BCUT2D eigenvalue weighted by Crippen LogP contribution is 2.47. The summed E-state index contributed by atoms with van der Waals surface area (Å²) in [5.41, 5.74) is 3.89. The van der Waals surface area contributed by atoms with E-state index in [9.17, 15) is 19.8 Å². The van der Waals surface area contributed by atoms with Crippen LogP contribution >= 0.6 is 0 Å². The van der Waals surface area contributed by atoms with E-state index in [1.54, 1.807) is 13.8 Å². The van der Waals surface area contributed by atoms with E-state index in [1.807, 2.05) is 34.6 Å². The molecule has 4 rings (SSSR count). The molecule has 0 amide bonds. The SMILES string of the molecule is CCCC(C1=C(O)C(C)=C2C(=CO[C@H](C)[C@H]2C)C1=O)C1=C(O)C(C)=C2C(=CO[C@H](C)[C@H]2C)C1=O. The molecule has 6 nitrogen and oxygen atoms in total. The first-order valence-electron chi connectivity index (χ1n) is 12.1. The minimum atomic E-state index is -0.760. The van der Waals surface area contributed by atoms with Crippen LogP contribution in [0.4, 0.5) is 0 Å². The van der Waals surface area contributed by atoms with Crippen LogP contribution in [0.3, 0.4) is 0 Å². The molecule has 182 valence electrons. The predicted octanol–water partition coefficient (Wildman–Crippen LogP) is 5.70. The Bertz CT molecular complexity index is 1070. The lowest BCUT2D eigenvalue weighted by Gasteiger charge is -2.37. The second kappa shape index (κ2) is 8.64. The molecule has 2 N–H and O–H groups in total. The quantitative estimate of drug-likeness (QED) is 0.552. The molecule has 0 aromatic rings. The third-order valence-corrected chi connectivity index (χ3v) is 7.98. The average molecular weight is 467 g/mol. The first-order chi connectivity index (χ1) is 16.0. The van der Waals surface area contributed by atoms with Crippen LogP contribution in [0.5, 0.6) is 0 Å². The van der Waals surface area contributed by atoms with Crippen molar-refractivity contribution in [1.29, 1.82) is 0 Å². The Balaban J connectivity index is 1.93. The maximum atomic E-state index is 13.7. The van der Waals surface area contributed by atoms with Gasteiger partial charge in [0.05, 0.1) is 34.8 Å². The van der Waals surface area contributed by atoms with Crippen LogP contribution < -0.4 is 0 Å². The Morgan fingerprint density at radius 2 is 1.18 bits per heavy atom. The van der Waals surface area contributed by atoms with Crippen LogP contribution in [0.2, 0.25) is 0 Å². The minimum absolute atomic E-state index is 0.0676. The number of aliphatic hydroxyl groups is 2. The van der Waals surface area contributed by atoms with Crippen LogP contribution in [0.25, 0.3) is 0 Å². The maximum Gasteiger partial charge on any atom is 0.196 e. The summed E-state index contributed by atoms with van der Waals surface area (Å²) in [4.78, 5) is 27.5. The second-order valence-corrected chi connectivity index (χ2v) is 9.92. The van der Waals surface area contributed by atoms with E-state index < -0.39 is 5.92 Å². The van der Waals surface area contributed by atoms with Gasteiger partial charge in [-0.2, -0.15) is 0 Å². The zero-order valence-corrected chi connectivity index (χ0v) is 21.0. The minimum Gasteiger partial charge on any atom is -0.507 e. The van der Waals surface area contributed by atoms with Gasteiger partial charge in [0.15, 0.2) is 11.6 Å². The Kier molecular flexibility index (Phi) is 6.13. The van der Waals surface area contributed by atoms with Gasteiger partial charge in [-0.15, -0.1) is 0 Å². The fourth-order valence-corrected chi connectivity index (χ4v) is 5.64. The normalized spacial score (nSPS) is 29.6. The van der Waals surface area contributed by atoms with Crippen LogP contribution in [0.15, 0.2) is 68.6 Å². The van der Waals surface area contributed by atoms with Crippen molar-refractivity contribution < 1.29 is 29.3 Å². The van der Waals surface area contributed by atoms with Crippen molar-refractivity contribution in [3.05, 3.63) is 68.6 Å². The molecule has 4 aliphatic rings. The number of ether oxygens (including phenoxy) is 2. The summed E-state index contributed by atoms with van der Waals surface area (Å²) in [6.07, 6.45) is 3.77. The molecule has 2 heterocycles. The smallest absolute Gasteiger partial charge is 0.196 e. The lowest BCUT2D eigenvalue weighted by molar-refractivity contribution is -0.113. The largest absolute Gasteiger partial charge is 0.507 e. The van der Waals surface area contributed by atoms with E-state index in [0.717, 1.165) is 11.1 Å². The summed E-state index contributed by atoms with van der Waals surface area (Å²) < 4.78 is 11.4. The summed E-state index contributed by atoms with van der Waals surface area (Å²) >= 11 is 0. The molecule has 0 saturated heterocycles. The molecule has 2 aliphatic heterocycles. The third-order valence-electron chi connectivity index (χ3n) is 7.98. The Labute approximate surface area is 201 Å². The van der Waals surface area contributed by atoms with Crippen LogP contribution in [-0.2, 0) is 19.1 Å². The number of ketones is 2. The fraction of sp³-hybridized carbons (Fsp3) is 0.500. The number of carbonyl (C=O) groups is 2. The van der Waals surface area contributed by atoms with Gasteiger partial charge in [0, 0.05) is 17.8 Å². The summed E-state index contributed by atoms with van der Waals surface area (Å²) in [5, 5.41) is 22.6. The summed E-state index contributed by atoms with van der Waals surface area (Å²) in [5.74, 6) is -1.81. The van der Waals surface area contributed by atoms with Gasteiger partial charge in [-0.05, 0) is 56.4 Å². The Morgan fingerprint density at radius 3 is 1.53 bits per heavy atom. The molecule has 34 heavy (non-hydrogen) atoms. The molecule has 0 unspecified atom stereocenters. The van der Waals surface area contributed by atoms with Crippen molar-refractivity contribution in [3.8, 4) is 0 Å². The lowest BCUT2D eigenvalue weighted by Crippen LogP contribution is -2.36. The summed E-state index contributed by atoms with van der Waals surface area (Å²) in [6.45, 7) is 13.3. The molecule has 0 saturated carbocycles. The summed E-state index contributed by atoms with van der Waals surface area (Å²) in [7, 11) is 0. The maximum absolute atomic E-state index is 13.7. The number of allylic oxidation sites excluding steroid dienone is 6. The number of carbonyl (C=O) groups excluding carboxylic acids is 2. The number of fused-ring (bicyclic) bond motifs is 2. The van der Waals surface area contributed by atoms with E-state index in [0.29, 0.717) is 35.1 Å². The van der Waals surface area contributed by atoms with Crippen LogP contribution in [-0.4, -0.2) is 34.0 Å². The molecular weight excluding hydrogens is 432 g/mol. The molecule has 0 aromatic carbocycles. The molecule has 0 fully saturated rings. The third kappa shape index (κ3) is 3.38. The zero-order valence-electron chi connectivity index (χ0n) is 21.0. The van der Waals surface area contributed by atoms with Crippen LogP contribution in [0, 0.1) is 17.8 Å². The first-order valence-corrected chi connectivity index (χ1v) is 12.1. The first kappa shape index (κ1) is 24.1. The molecule has 0 spiro atoms. The highest BCUT2D eigenvalue weighted by atomic mass is 16.5. The number of aliphatic hydroxyl groups excluding tert-OH is 2. The number of rotatable bonds is 4. The highest BCUT2D eigenvalue weighted by molar-refractivity contribution is 6.18. The number of hydrogen-bond acceptors (Lipinski definition) is 6. The lowest BCUT2D eigenvalue weighted by atomic mass is 9.69. The van der Waals surface area contributed by atoms with Crippen molar-refractivity contribution in [2.24, 2.45) is 17.8 Å². The standard InChI is InChI=1S/C28H34O6/c1-8-9-18(23-25(29)14(4)21-12(2)16(6)33-10-19(21)27(23)31)24-26(30)15(5)22-13(3)17(7)34-11-20(22)28(24)32/h10-13,16-18,29-30H,8-9H2,1-7H3/t12-,13-,16-,17-/m1/s1. The van der Waals surface area contributed by atoms with Gasteiger partial charge in [-0.1, -0.05) is 27.2 Å². The number of hydrogen-bond donors (Lipinski definition) is 2. The second-order valence-electron chi connectivity index (χ2n) is 9.92. The molecular formula is C28H34O6. The van der Waals surface area contributed by atoms with Gasteiger partial charge >= 0.3 is 0 Å². The topological polar surface area (TPSA) is 93.1 Å². The van der Waals surface area contributed by atoms with Crippen molar-refractivity contribution in [3.63, 3.8) is 0 Å². The number of Topliss-reactive ketones (excluding diaryl/α,β-unsaturated/α-hetero) is 2. The van der Waals surface area contributed by atoms with Crippen molar-refractivity contribution in [2.45, 2.75) is 73.5 Å². The highest BCUT2D eigenvalue weighted by Gasteiger charge is 2.45. The van der Waals surface area contributed by atoms with E-state index in [2.05, 4.69) is 0 Å². The molecule has 0 radical (unpaired) electrons. The van der Waals surface area contributed by atoms with Gasteiger partial charge in [-0.25, -0.2) is 0 Å². The average Bonchev–Trinajstić information content (AvgIpc) is 2.79. The van der Waals surface area contributed by atoms with Gasteiger partial charge in [0.25, 0.3) is 0 Å². The Hall–Kier alpha value is -3.02. The molecule has 0 aromatic heterocycles.